The van der Waals surface area contributed by atoms with Crippen LogP contribution in [0, 0.1) is 0 Å². The summed E-state index contributed by atoms with van der Waals surface area (Å²) in [7, 11) is 0. The first kappa shape index (κ1) is 19.8. The number of hydrogen-bond donors (Lipinski definition) is 1. The van der Waals surface area contributed by atoms with Crippen molar-refractivity contribution in [2.24, 2.45) is 0 Å². The quantitative estimate of drug-likeness (QED) is 0.812. The predicted octanol–water partition coefficient (Wildman–Crippen LogP) is 2.25. The summed E-state index contributed by atoms with van der Waals surface area (Å²) in [4.78, 5) is 37.7. The molecule has 0 bridgehead atoms. The predicted molar refractivity (Wildman–Crippen MR) is 95.2 cm³/mol. The van der Waals surface area contributed by atoms with Crippen LogP contribution in [-0.2, 0) is 25.7 Å². The van der Waals surface area contributed by atoms with Crippen molar-refractivity contribution in [2.75, 3.05) is 13.1 Å². The van der Waals surface area contributed by atoms with Gasteiger partial charge in [0.25, 0.3) is 0 Å². The Labute approximate surface area is 153 Å². The highest BCUT2D eigenvalue weighted by molar-refractivity contribution is 5.88. The molecule has 7 nitrogen and oxygen atoms in total. The van der Waals surface area contributed by atoms with Gasteiger partial charge in [-0.15, -0.1) is 0 Å². The minimum absolute atomic E-state index is 0.155. The fraction of sp³-hybridized carbons (Fsp3) is 0.526. The second kappa shape index (κ2) is 8.69. The average Bonchev–Trinajstić information content (AvgIpc) is 3.07. The van der Waals surface area contributed by atoms with Crippen LogP contribution in [0.1, 0.15) is 39.2 Å². The molecule has 0 aliphatic carbocycles. The van der Waals surface area contributed by atoms with Crippen molar-refractivity contribution in [1.29, 1.82) is 0 Å². The van der Waals surface area contributed by atoms with Crippen LogP contribution in [0.3, 0.4) is 0 Å². The highest BCUT2D eigenvalue weighted by atomic mass is 16.6. The molecular formula is C19H26N2O5. The number of rotatable bonds is 5. The Kier molecular flexibility index (Phi) is 6.60. The van der Waals surface area contributed by atoms with Crippen molar-refractivity contribution < 1.29 is 23.9 Å². The Hall–Kier alpha value is -2.57. The van der Waals surface area contributed by atoms with Crippen molar-refractivity contribution in [3.05, 3.63) is 35.9 Å². The molecule has 1 N–H and O–H groups in total. The second-order valence-electron chi connectivity index (χ2n) is 7.20. The van der Waals surface area contributed by atoms with Gasteiger partial charge in [-0.2, -0.15) is 0 Å². The zero-order valence-corrected chi connectivity index (χ0v) is 15.5. The van der Waals surface area contributed by atoms with Crippen LogP contribution >= 0.6 is 0 Å². The molecule has 7 heteroatoms. The molecule has 0 aromatic heterocycles. The van der Waals surface area contributed by atoms with E-state index in [4.69, 9.17) is 9.47 Å². The van der Waals surface area contributed by atoms with E-state index in [9.17, 15) is 14.4 Å². The van der Waals surface area contributed by atoms with Gasteiger partial charge in [-0.3, -0.25) is 14.5 Å². The van der Waals surface area contributed by atoms with Crippen LogP contribution in [0.4, 0.5) is 4.79 Å². The molecule has 1 aromatic carbocycles. The third-order valence-corrected chi connectivity index (χ3v) is 3.82. The number of likely N-dealkylation sites (tertiary alicyclic amines) is 1. The lowest BCUT2D eigenvalue weighted by molar-refractivity contribution is -0.154. The van der Waals surface area contributed by atoms with Gasteiger partial charge in [-0.25, -0.2) is 4.79 Å². The summed E-state index contributed by atoms with van der Waals surface area (Å²) < 4.78 is 10.5. The monoisotopic (exact) mass is 362 g/mol. The standard InChI is InChI=1S/C19H26N2O5/c1-19(2,3)26-16(22)12-20-17(23)15-10-7-11-21(15)18(24)25-13-14-8-5-4-6-9-14/h4-6,8-9,15H,7,10-13H2,1-3H3,(H,20,23)/t15-/m0/s1. The van der Waals surface area contributed by atoms with E-state index < -0.39 is 23.7 Å². The smallest absolute Gasteiger partial charge is 0.410 e. The first-order valence-electron chi connectivity index (χ1n) is 8.73. The fourth-order valence-electron chi connectivity index (χ4n) is 2.71. The van der Waals surface area contributed by atoms with Crippen molar-refractivity contribution in [3.8, 4) is 0 Å². The van der Waals surface area contributed by atoms with E-state index in [1.54, 1.807) is 20.8 Å². The Morgan fingerprint density at radius 1 is 1.19 bits per heavy atom. The molecule has 142 valence electrons. The van der Waals surface area contributed by atoms with E-state index in [1.165, 1.54) is 4.90 Å². The van der Waals surface area contributed by atoms with Crippen LogP contribution in [0.25, 0.3) is 0 Å². The van der Waals surface area contributed by atoms with Gasteiger partial charge in [0, 0.05) is 6.54 Å². The van der Waals surface area contributed by atoms with Crippen molar-refractivity contribution in [1.82, 2.24) is 10.2 Å². The summed E-state index contributed by atoms with van der Waals surface area (Å²) in [6.45, 7) is 5.66. The zero-order chi connectivity index (χ0) is 19.2. The van der Waals surface area contributed by atoms with Crippen LogP contribution in [-0.4, -0.2) is 47.6 Å². The van der Waals surface area contributed by atoms with Gasteiger partial charge in [0.2, 0.25) is 5.91 Å². The van der Waals surface area contributed by atoms with Gasteiger partial charge < -0.3 is 14.8 Å². The Morgan fingerprint density at radius 3 is 2.54 bits per heavy atom. The Balaban J connectivity index is 1.83. The third-order valence-electron chi connectivity index (χ3n) is 3.82. The molecule has 1 saturated heterocycles. The minimum atomic E-state index is -0.624. The molecule has 0 radical (unpaired) electrons. The first-order chi connectivity index (χ1) is 12.3. The van der Waals surface area contributed by atoms with Gasteiger partial charge in [0.15, 0.2) is 0 Å². The fourth-order valence-corrected chi connectivity index (χ4v) is 2.71. The molecule has 1 aliphatic rings. The maximum absolute atomic E-state index is 12.3. The minimum Gasteiger partial charge on any atom is -0.459 e. The molecule has 1 aromatic rings. The van der Waals surface area contributed by atoms with Crippen molar-refractivity contribution in [2.45, 2.75) is 51.9 Å². The van der Waals surface area contributed by atoms with Gasteiger partial charge in [-0.05, 0) is 39.2 Å². The molecule has 1 aliphatic heterocycles. The van der Waals surface area contributed by atoms with E-state index in [0.717, 1.165) is 5.56 Å². The van der Waals surface area contributed by atoms with Crippen LogP contribution in [0.2, 0.25) is 0 Å². The molecular weight excluding hydrogens is 336 g/mol. The summed E-state index contributed by atoms with van der Waals surface area (Å²) in [5, 5.41) is 2.54. The molecule has 2 rings (SSSR count). The van der Waals surface area contributed by atoms with E-state index >= 15 is 0 Å². The number of esters is 1. The number of benzene rings is 1. The molecule has 0 spiro atoms. The number of ether oxygens (including phenoxy) is 2. The Morgan fingerprint density at radius 2 is 1.88 bits per heavy atom. The second-order valence-corrected chi connectivity index (χ2v) is 7.20. The van der Waals surface area contributed by atoms with Gasteiger partial charge >= 0.3 is 12.1 Å². The summed E-state index contributed by atoms with van der Waals surface area (Å²) in [5.74, 6) is -0.882. The van der Waals surface area contributed by atoms with E-state index in [-0.39, 0.29) is 19.1 Å². The Bertz CT molecular complexity index is 639. The molecule has 26 heavy (non-hydrogen) atoms. The number of nitrogens with one attached hydrogen (secondary N) is 1. The average molecular weight is 362 g/mol. The maximum atomic E-state index is 12.3. The van der Waals surface area contributed by atoms with E-state index in [2.05, 4.69) is 5.32 Å². The zero-order valence-electron chi connectivity index (χ0n) is 15.5. The van der Waals surface area contributed by atoms with Crippen LogP contribution in [0.5, 0.6) is 0 Å². The normalized spacial score (nSPS) is 16.9. The number of hydrogen-bond acceptors (Lipinski definition) is 5. The summed E-state index contributed by atoms with van der Waals surface area (Å²) in [6.07, 6.45) is 0.731. The van der Waals surface area contributed by atoms with E-state index in [1.807, 2.05) is 30.3 Å². The number of carbonyl (C=O) groups is 3. The van der Waals surface area contributed by atoms with Crippen molar-refractivity contribution >= 4 is 18.0 Å². The molecule has 1 fully saturated rings. The lowest BCUT2D eigenvalue weighted by Gasteiger charge is -2.24. The number of amides is 2. The maximum Gasteiger partial charge on any atom is 0.410 e. The largest absolute Gasteiger partial charge is 0.459 e. The number of nitrogens with zero attached hydrogens (tertiary/aromatic N) is 1. The highest BCUT2D eigenvalue weighted by Crippen LogP contribution is 2.19. The molecule has 1 heterocycles. The third kappa shape index (κ3) is 6.06. The number of carbonyl (C=O) groups excluding carboxylic acids is 3. The molecule has 2 amide bonds. The molecule has 0 saturated carbocycles. The van der Waals surface area contributed by atoms with Gasteiger partial charge in [0.05, 0.1) is 0 Å². The highest BCUT2D eigenvalue weighted by Gasteiger charge is 2.35. The summed E-state index contributed by atoms with van der Waals surface area (Å²) in [5.41, 5.74) is 0.272. The van der Waals surface area contributed by atoms with Crippen LogP contribution < -0.4 is 5.32 Å². The van der Waals surface area contributed by atoms with Crippen molar-refractivity contribution in [3.63, 3.8) is 0 Å². The lowest BCUT2D eigenvalue weighted by atomic mass is 10.2. The SMILES string of the molecule is CC(C)(C)OC(=O)CNC(=O)[C@@H]1CCCN1C(=O)OCc1ccccc1. The van der Waals surface area contributed by atoms with Crippen LogP contribution in [0.15, 0.2) is 30.3 Å². The summed E-state index contributed by atoms with van der Waals surface area (Å²) in [6, 6.07) is 8.72. The topological polar surface area (TPSA) is 84.9 Å². The first-order valence-corrected chi connectivity index (χ1v) is 8.73. The van der Waals surface area contributed by atoms with Gasteiger partial charge in [-0.1, -0.05) is 30.3 Å². The van der Waals surface area contributed by atoms with E-state index in [0.29, 0.717) is 19.4 Å². The lowest BCUT2D eigenvalue weighted by Crippen LogP contribution is -2.47. The van der Waals surface area contributed by atoms with Gasteiger partial charge in [0.1, 0.15) is 24.8 Å². The molecule has 0 unspecified atom stereocenters. The molecule has 1 atom stereocenters. The summed E-state index contributed by atoms with van der Waals surface area (Å²) >= 11 is 0.